The van der Waals surface area contributed by atoms with Gasteiger partial charge in [-0.25, -0.2) is 13.1 Å². The molecule has 0 unspecified atom stereocenters. The van der Waals surface area contributed by atoms with E-state index in [1.54, 1.807) is 29.2 Å². The van der Waals surface area contributed by atoms with Gasteiger partial charge in [0.2, 0.25) is 15.9 Å². The van der Waals surface area contributed by atoms with Gasteiger partial charge in [-0.2, -0.15) is 11.8 Å². The first-order valence-electron chi connectivity index (χ1n) is 8.58. The largest absolute Gasteiger partial charge is 0.312 e. The number of thioether (sulfide) groups is 1. The molecule has 1 saturated carbocycles. The minimum absolute atomic E-state index is 0.104. The summed E-state index contributed by atoms with van der Waals surface area (Å²) in [7, 11) is -3.48. The van der Waals surface area contributed by atoms with E-state index in [0.717, 1.165) is 17.9 Å². The molecule has 0 radical (unpaired) electrons. The van der Waals surface area contributed by atoms with E-state index in [1.807, 2.05) is 11.8 Å². The van der Waals surface area contributed by atoms with Crippen LogP contribution in [0.4, 0.5) is 5.69 Å². The summed E-state index contributed by atoms with van der Waals surface area (Å²) < 4.78 is 27.3. The summed E-state index contributed by atoms with van der Waals surface area (Å²) in [4.78, 5) is 13.7. The summed E-state index contributed by atoms with van der Waals surface area (Å²) in [6.07, 6.45) is 6.55. The summed E-state index contributed by atoms with van der Waals surface area (Å²) >= 11 is 1.87. The first-order valence-corrected chi connectivity index (χ1v) is 11.1. The average Bonchev–Trinajstić information content (AvgIpc) is 3.23. The van der Waals surface area contributed by atoms with Gasteiger partial charge in [0.1, 0.15) is 0 Å². The third-order valence-electron chi connectivity index (χ3n) is 4.58. The highest BCUT2D eigenvalue weighted by Crippen LogP contribution is 2.29. The second-order valence-corrected chi connectivity index (χ2v) is 9.49. The Morgan fingerprint density at radius 1 is 1.12 bits per heavy atom. The van der Waals surface area contributed by atoms with Gasteiger partial charge < -0.3 is 4.90 Å². The number of amides is 1. The van der Waals surface area contributed by atoms with Crippen LogP contribution in [0.25, 0.3) is 0 Å². The van der Waals surface area contributed by atoms with Crippen LogP contribution < -0.4 is 9.62 Å². The lowest BCUT2D eigenvalue weighted by molar-refractivity contribution is -0.117. The quantitative estimate of drug-likeness (QED) is 0.752. The molecule has 0 atom stereocenters. The Morgan fingerprint density at radius 2 is 1.83 bits per heavy atom. The molecule has 5 nitrogen and oxygen atoms in total. The molecule has 2 fully saturated rings. The minimum atomic E-state index is -3.48. The van der Waals surface area contributed by atoms with E-state index in [1.165, 1.54) is 25.7 Å². The smallest absolute Gasteiger partial charge is 0.240 e. The summed E-state index contributed by atoms with van der Waals surface area (Å²) in [6, 6.07) is 6.58. The average molecular weight is 369 g/mol. The number of hydrogen-bond acceptors (Lipinski definition) is 4. The fourth-order valence-corrected chi connectivity index (χ4v) is 5.65. The molecule has 0 bridgehead atoms. The number of anilines is 1. The molecule has 3 rings (SSSR count). The van der Waals surface area contributed by atoms with E-state index in [4.69, 9.17) is 0 Å². The summed E-state index contributed by atoms with van der Waals surface area (Å²) in [5.41, 5.74) is 0.772. The summed E-state index contributed by atoms with van der Waals surface area (Å²) in [5, 5.41) is 0.701. The van der Waals surface area contributed by atoms with E-state index in [9.17, 15) is 13.2 Å². The van der Waals surface area contributed by atoms with E-state index < -0.39 is 10.0 Å². The van der Waals surface area contributed by atoms with Crippen molar-refractivity contribution < 1.29 is 13.2 Å². The summed E-state index contributed by atoms with van der Waals surface area (Å²) in [6.45, 7) is 1.16. The lowest BCUT2D eigenvalue weighted by Gasteiger charge is -2.16. The maximum absolute atomic E-state index is 12.3. The Bertz CT molecular complexity index is 668. The highest BCUT2D eigenvalue weighted by atomic mass is 32.2. The second-order valence-electron chi connectivity index (χ2n) is 6.32. The Labute approximate surface area is 148 Å². The normalized spacial score (nSPS) is 19.3. The molecule has 1 aliphatic heterocycles. The predicted octanol–water partition coefficient (Wildman–Crippen LogP) is 2.77. The fourth-order valence-electron chi connectivity index (χ4n) is 3.27. The third-order valence-corrected chi connectivity index (χ3v) is 7.44. The zero-order valence-corrected chi connectivity index (χ0v) is 15.4. The van der Waals surface area contributed by atoms with Crippen LogP contribution in [0, 0.1) is 0 Å². The van der Waals surface area contributed by atoms with Crippen molar-refractivity contribution >= 4 is 33.4 Å². The standard InChI is InChI=1S/C17H24N2O3S2/c20-17-6-3-12-19(17)14-7-9-16(10-8-14)24(21,22)18-11-13-23-15-4-1-2-5-15/h7-10,15,18H,1-6,11-13H2. The van der Waals surface area contributed by atoms with Gasteiger partial charge in [-0.1, -0.05) is 12.8 Å². The SMILES string of the molecule is O=C1CCCN1c1ccc(S(=O)(=O)NCCSC2CCCC2)cc1. The van der Waals surface area contributed by atoms with Crippen LogP contribution in [-0.2, 0) is 14.8 Å². The molecule has 2 aliphatic rings. The molecular formula is C17H24N2O3S2. The molecule has 132 valence electrons. The lowest BCUT2D eigenvalue weighted by atomic mass is 10.3. The van der Waals surface area contributed by atoms with Gasteiger partial charge in [-0.3, -0.25) is 4.79 Å². The number of nitrogens with one attached hydrogen (secondary N) is 1. The Balaban J connectivity index is 1.53. The van der Waals surface area contributed by atoms with Crippen LogP contribution in [0.3, 0.4) is 0 Å². The number of nitrogens with zero attached hydrogens (tertiary/aromatic N) is 1. The van der Waals surface area contributed by atoms with Crippen molar-refractivity contribution in [3.8, 4) is 0 Å². The van der Waals surface area contributed by atoms with Crippen LogP contribution in [0.2, 0.25) is 0 Å². The van der Waals surface area contributed by atoms with E-state index >= 15 is 0 Å². The molecule has 1 saturated heterocycles. The Hall–Kier alpha value is -1.05. The summed E-state index contributed by atoms with van der Waals surface area (Å²) in [5.74, 6) is 0.914. The first kappa shape index (κ1) is 17.8. The first-order chi connectivity index (χ1) is 11.6. The number of benzene rings is 1. The lowest BCUT2D eigenvalue weighted by Crippen LogP contribution is -2.27. The van der Waals surface area contributed by atoms with Crippen LogP contribution in [0.15, 0.2) is 29.2 Å². The van der Waals surface area contributed by atoms with Gasteiger partial charge in [0.15, 0.2) is 0 Å². The molecule has 1 amide bonds. The number of carbonyl (C=O) groups is 1. The molecule has 24 heavy (non-hydrogen) atoms. The van der Waals surface area contributed by atoms with Gasteiger partial charge in [0.25, 0.3) is 0 Å². The van der Waals surface area contributed by atoms with E-state index in [2.05, 4.69) is 4.72 Å². The van der Waals surface area contributed by atoms with E-state index in [-0.39, 0.29) is 10.8 Å². The minimum Gasteiger partial charge on any atom is -0.312 e. The highest BCUT2D eigenvalue weighted by molar-refractivity contribution is 8.00. The molecule has 0 spiro atoms. The molecule has 1 aromatic carbocycles. The molecule has 1 heterocycles. The van der Waals surface area contributed by atoms with Gasteiger partial charge in [-0.15, -0.1) is 0 Å². The Kier molecular flexibility index (Phi) is 5.84. The predicted molar refractivity (Wildman–Crippen MR) is 97.9 cm³/mol. The maximum atomic E-state index is 12.3. The maximum Gasteiger partial charge on any atom is 0.240 e. The van der Waals surface area contributed by atoms with E-state index in [0.29, 0.717) is 24.8 Å². The van der Waals surface area contributed by atoms with Gasteiger partial charge in [0, 0.05) is 36.2 Å². The van der Waals surface area contributed by atoms with Crippen molar-refractivity contribution in [3.63, 3.8) is 0 Å². The third kappa shape index (κ3) is 4.32. The molecule has 7 heteroatoms. The van der Waals surface area contributed by atoms with Crippen LogP contribution >= 0.6 is 11.8 Å². The highest BCUT2D eigenvalue weighted by Gasteiger charge is 2.22. The van der Waals surface area contributed by atoms with Crippen molar-refractivity contribution in [1.82, 2.24) is 4.72 Å². The van der Waals surface area contributed by atoms with Crippen molar-refractivity contribution in [3.05, 3.63) is 24.3 Å². The van der Waals surface area contributed by atoms with Crippen molar-refractivity contribution in [2.75, 3.05) is 23.7 Å². The zero-order chi connectivity index (χ0) is 17.0. The van der Waals surface area contributed by atoms with Crippen molar-refractivity contribution in [2.24, 2.45) is 0 Å². The number of carbonyl (C=O) groups excluding carboxylic acids is 1. The van der Waals surface area contributed by atoms with Crippen molar-refractivity contribution in [1.29, 1.82) is 0 Å². The van der Waals surface area contributed by atoms with Crippen LogP contribution in [0.1, 0.15) is 38.5 Å². The molecule has 1 aliphatic carbocycles. The molecular weight excluding hydrogens is 344 g/mol. The van der Waals surface area contributed by atoms with Crippen LogP contribution in [0.5, 0.6) is 0 Å². The second kappa shape index (κ2) is 7.89. The zero-order valence-electron chi connectivity index (χ0n) is 13.7. The molecule has 0 aromatic heterocycles. The van der Waals surface area contributed by atoms with Gasteiger partial charge in [0.05, 0.1) is 4.90 Å². The number of rotatable bonds is 7. The molecule has 1 N–H and O–H groups in total. The van der Waals surface area contributed by atoms with Crippen LogP contribution in [-0.4, -0.2) is 38.4 Å². The van der Waals surface area contributed by atoms with Gasteiger partial charge in [-0.05, 0) is 43.5 Å². The monoisotopic (exact) mass is 368 g/mol. The topological polar surface area (TPSA) is 66.5 Å². The fraction of sp³-hybridized carbons (Fsp3) is 0.588. The molecule has 1 aromatic rings. The number of sulfonamides is 1. The Morgan fingerprint density at radius 3 is 2.46 bits per heavy atom. The van der Waals surface area contributed by atoms with Crippen molar-refractivity contribution in [2.45, 2.75) is 48.7 Å². The van der Waals surface area contributed by atoms with Gasteiger partial charge >= 0.3 is 0 Å². The number of hydrogen-bond donors (Lipinski definition) is 1.